The van der Waals surface area contributed by atoms with Crippen molar-refractivity contribution in [2.45, 2.75) is 26.4 Å². The van der Waals surface area contributed by atoms with Crippen LogP contribution < -0.4 is 0 Å². The lowest BCUT2D eigenvalue weighted by molar-refractivity contribution is 0.507. The molecule has 0 saturated heterocycles. The maximum atomic E-state index is 5.10. The highest BCUT2D eigenvalue weighted by atomic mass is 32.1. The van der Waals surface area contributed by atoms with E-state index in [0.717, 1.165) is 25.3 Å². The molecule has 15 heavy (non-hydrogen) atoms. The van der Waals surface area contributed by atoms with E-state index in [0.29, 0.717) is 4.77 Å². The highest BCUT2D eigenvalue weighted by molar-refractivity contribution is 7.71. The molecule has 7 heteroatoms. The molecule has 0 aliphatic heterocycles. The fourth-order valence-electron chi connectivity index (χ4n) is 1.40. The van der Waals surface area contributed by atoms with Gasteiger partial charge in [0.1, 0.15) is 5.82 Å². The van der Waals surface area contributed by atoms with Gasteiger partial charge in [-0.05, 0) is 25.6 Å². The molecule has 0 bridgehead atoms. The van der Waals surface area contributed by atoms with Crippen molar-refractivity contribution in [2.75, 3.05) is 0 Å². The molecular weight excluding hydrogens is 212 g/mol. The summed E-state index contributed by atoms with van der Waals surface area (Å²) in [5.74, 6) is 0.915. The molecule has 2 heterocycles. The van der Waals surface area contributed by atoms with E-state index in [1.807, 2.05) is 17.7 Å². The third-order valence-electron chi connectivity index (χ3n) is 2.19. The first-order valence-electron chi connectivity index (χ1n) is 4.73. The molecule has 0 radical (unpaired) electrons. The zero-order valence-electron chi connectivity index (χ0n) is 8.42. The Morgan fingerprint density at radius 2 is 2.33 bits per heavy atom. The number of hydrogen-bond donors (Lipinski definition) is 1. The number of aryl methyl sites for hydroxylation is 2. The first-order valence-corrected chi connectivity index (χ1v) is 5.14. The second-order valence-electron chi connectivity index (χ2n) is 3.25. The second kappa shape index (κ2) is 4.35. The second-order valence-corrected chi connectivity index (χ2v) is 3.63. The van der Waals surface area contributed by atoms with Crippen LogP contribution in [0.15, 0.2) is 12.4 Å². The monoisotopic (exact) mass is 224 g/mol. The Morgan fingerprint density at radius 1 is 1.47 bits per heavy atom. The van der Waals surface area contributed by atoms with Gasteiger partial charge in [-0.15, -0.1) is 5.10 Å². The van der Waals surface area contributed by atoms with Crippen LogP contribution in [0.3, 0.4) is 0 Å². The average molecular weight is 224 g/mol. The molecule has 0 aliphatic rings. The Bertz CT molecular complexity index is 468. The van der Waals surface area contributed by atoms with Crippen molar-refractivity contribution in [3.05, 3.63) is 23.0 Å². The molecule has 0 aliphatic carbocycles. The van der Waals surface area contributed by atoms with Crippen molar-refractivity contribution in [2.24, 2.45) is 0 Å². The number of aromatic amines is 1. The number of hydrogen-bond acceptors (Lipinski definition) is 4. The van der Waals surface area contributed by atoms with Crippen molar-refractivity contribution in [1.29, 1.82) is 0 Å². The molecule has 6 nitrogen and oxygen atoms in total. The molecule has 0 saturated carbocycles. The minimum atomic E-state index is 0.672. The van der Waals surface area contributed by atoms with Crippen molar-refractivity contribution < 1.29 is 0 Å². The van der Waals surface area contributed by atoms with Crippen molar-refractivity contribution in [3.63, 3.8) is 0 Å². The summed E-state index contributed by atoms with van der Waals surface area (Å²) < 4.78 is 4.46. The van der Waals surface area contributed by atoms with Gasteiger partial charge >= 0.3 is 0 Å². The van der Waals surface area contributed by atoms with Crippen LogP contribution in [0.4, 0.5) is 0 Å². The van der Waals surface area contributed by atoms with Crippen LogP contribution in [-0.4, -0.2) is 29.8 Å². The Balaban J connectivity index is 1.91. The Morgan fingerprint density at radius 3 is 2.93 bits per heavy atom. The SMILES string of the molecule is Cc1n[nH]c(=S)n1CCCn1ccnn1. The molecule has 2 aromatic rings. The van der Waals surface area contributed by atoms with Crippen LogP contribution in [0.5, 0.6) is 0 Å². The summed E-state index contributed by atoms with van der Waals surface area (Å²) in [6.07, 6.45) is 4.48. The highest BCUT2D eigenvalue weighted by Gasteiger charge is 2.00. The smallest absolute Gasteiger partial charge is 0.195 e. The first-order chi connectivity index (χ1) is 7.27. The summed E-state index contributed by atoms with van der Waals surface area (Å²) in [5, 5.41) is 14.4. The topological polar surface area (TPSA) is 64.3 Å². The third kappa shape index (κ3) is 2.30. The average Bonchev–Trinajstić information content (AvgIpc) is 2.82. The standard InChI is InChI=1S/C8H12N6S/c1-7-10-11-8(15)14(7)5-2-4-13-6-3-9-12-13/h3,6H,2,4-5H2,1H3,(H,11,15). The van der Waals surface area contributed by atoms with Gasteiger partial charge in [0.15, 0.2) is 4.77 Å². The van der Waals surface area contributed by atoms with Gasteiger partial charge in [0, 0.05) is 19.3 Å². The van der Waals surface area contributed by atoms with Crippen LogP contribution in [0.25, 0.3) is 0 Å². The van der Waals surface area contributed by atoms with Crippen molar-refractivity contribution in [3.8, 4) is 0 Å². The van der Waals surface area contributed by atoms with Crippen LogP contribution >= 0.6 is 12.2 Å². The minimum Gasteiger partial charge on any atom is -0.304 e. The van der Waals surface area contributed by atoms with Crippen LogP contribution in [-0.2, 0) is 13.1 Å². The molecule has 0 fully saturated rings. The van der Waals surface area contributed by atoms with E-state index in [9.17, 15) is 0 Å². The van der Waals surface area contributed by atoms with Gasteiger partial charge in [-0.1, -0.05) is 5.21 Å². The lowest BCUT2D eigenvalue weighted by Gasteiger charge is -2.03. The summed E-state index contributed by atoms with van der Waals surface area (Å²) in [4.78, 5) is 0. The molecule has 1 N–H and O–H groups in total. The molecule has 2 aromatic heterocycles. The summed E-state index contributed by atoms with van der Waals surface area (Å²) in [6, 6.07) is 0. The van der Waals surface area contributed by atoms with Crippen molar-refractivity contribution >= 4 is 12.2 Å². The fourth-order valence-corrected chi connectivity index (χ4v) is 1.67. The van der Waals surface area contributed by atoms with E-state index >= 15 is 0 Å². The summed E-state index contributed by atoms with van der Waals surface area (Å²) >= 11 is 5.10. The van der Waals surface area contributed by atoms with Crippen LogP contribution in [0.1, 0.15) is 12.2 Å². The van der Waals surface area contributed by atoms with Crippen molar-refractivity contribution in [1.82, 2.24) is 29.8 Å². The van der Waals surface area contributed by atoms with Gasteiger partial charge in [0.2, 0.25) is 0 Å². The van der Waals surface area contributed by atoms with E-state index in [2.05, 4.69) is 20.5 Å². The molecule has 0 aromatic carbocycles. The van der Waals surface area contributed by atoms with Gasteiger partial charge in [-0.3, -0.25) is 9.78 Å². The summed E-state index contributed by atoms with van der Waals surface area (Å²) in [7, 11) is 0. The van der Waals surface area contributed by atoms with Crippen LogP contribution in [0.2, 0.25) is 0 Å². The Kier molecular flexibility index (Phi) is 2.91. The van der Waals surface area contributed by atoms with E-state index < -0.39 is 0 Å². The molecule has 0 unspecified atom stereocenters. The van der Waals surface area contributed by atoms with E-state index in [1.54, 1.807) is 10.9 Å². The Hall–Kier alpha value is -1.50. The lowest BCUT2D eigenvalue weighted by atomic mass is 10.4. The van der Waals surface area contributed by atoms with Gasteiger partial charge < -0.3 is 4.57 Å². The lowest BCUT2D eigenvalue weighted by Crippen LogP contribution is -2.06. The molecule has 80 valence electrons. The fraction of sp³-hybridized carbons (Fsp3) is 0.500. The molecular formula is C8H12N6S. The number of rotatable bonds is 4. The van der Waals surface area contributed by atoms with Gasteiger partial charge in [0.05, 0.1) is 6.20 Å². The predicted octanol–water partition coefficient (Wildman–Crippen LogP) is 0.931. The third-order valence-corrected chi connectivity index (χ3v) is 2.50. The van der Waals surface area contributed by atoms with Gasteiger partial charge in [-0.25, -0.2) is 0 Å². The van der Waals surface area contributed by atoms with E-state index in [4.69, 9.17) is 12.2 Å². The zero-order chi connectivity index (χ0) is 10.7. The summed E-state index contributed by atoms with van der Waals surface area (Å²) in [5.41, 5.74) is 0. The number of nitrogens with zero attached hydrogens (tertiary/aromatic N) is 5. The number of aromatic nitrogens is 6. The quantitative estimate of drug-likeness (QED) is 0.785. The Labute approximate surface area is 91.9 Å². The predicted molar refractivity (Wildman–Crippen MR) is 56.8 cm³/mol. The molecule has 2 rings (SSSR count). The molecule has 0 amide bonds. The number of nitrogens with one attached hydrogen (secondary N) is 1. The van der Waals surface area contributed by atoms with Crippen LogP contribution in [0, 0.1) is 11.7 Å². The number of H-pyrrole nitrogens is 1. The molecule has 0 spiro atoms. The maximum absolute atomic E-state index is 5.10. The zero-order valence-corrected chi connectivity index (χ0v) is 9.24. The largest absolute Gasteiger partial charge is 0.304 e. The molecule has 0 atom stereocenters. The van der Waals surface area contributed by atoms with Gasteiger partial charge in [0.25, 0.3) is 0 Å². The van der Waals surface area contributed by atoms with Gasteiger partial charge in [-0.2, -0.15) is 5.10 Å². The first kappa shape index (κ1) is 10.0. The maximum Gasteiger partial charge on any atom is 0.195 e. The highest BCUT2D eigenvalue weighted by Crippen LogP contribution is 1.99. The summed E-state index contributed by atoms with van der Waals surface area (Å²) in [6.45, 7) is 3.62. The minimum absolute atomic E-state index is 0.672. The van der Waals surface area contributed by atoms with E-state index in [1.165, 1.54) is 0 Å². The van der Waals surface area contributed by atoms with E-state index in [-0.39, 0.29) is 0 Å². The normalized spacial score (nSPS) is 10.7.